The van der Waals surface area contributed by atoms with Gasteiger partial charge in [-0.2, -0.15) is 5.10 Å². The highest BCUT2D eigenvalue weighted by atomic mass is 35.5. The standard InChI is InChI=1S/C17H27ClN2O2S/c1-17(2,3)16(21)15(23(4,5)22)14(10-7-6-8-11-18)20-13-9-12-19-20/h9-10,12-13H,6-8,11H2,1-5H3/b14-10+. The number of allylic oxidation sites excluding steroid dienone is 2. The number of Topliss-reactive ketones (excluding diaryl/α,β-unsaturated/α-hetero) is 1. The fourth-order valence-corrected chi connectivity index (χ4v) is 3.73. The highest BCUT2D eigenvalue weighted by molar-refractivity contribution is 8.03. The van der Waals surface area contributed by atoms with E-state index in [2.05, 4.69) is 5.10 Å². The summed E-state index contributed by atoms with van der Waals surface area (Å²) in [5.41, 5.74) is 0.0198. The minimum atomic E-state index is -2.45. The molecule has 130 valence electrons. The van der Waals surface area contributed by atoms with Crippen molar-refractivity contribution in [3.63, 3.8) is 0 Å². The molecular weight excluding hydrogens is 332 g/mol. The Labute approximate surface area is 144 Å². The molecule has 0 bridgehead atoms. The summed E-state index contributed by atoms with van der Waals surface area (Å²) in [5.74, 6) is 0.507. The van der Waals surface area contributed by atoms with Gasteiger partial charge in [-0.05, 0) is 34.9 Å². The second-order valence-electron chi connectivity index (χ2n) is 6.87. The molecule has 0 fully saturated rings. The van der Waals surface area contributed by atoms with Crippen LogP contribution < -0.4 is 0 Å². The zero-order valence-corrected chi connectivity index (χ0v) is 16.2. The fraction of sp³-hybridized carbons (Fsp3) is 0.588. The molecule has 0 radical (unpaired) electrons. The highest BCUT2D eigenvalue weighted by Gasteiger charge is 2.31. The molecule has 0 unspecified atom stereocenters. The van der Waals surface area contributed by atoms with E-state index in [1.165, 1.54) is 0 Å². The van der Waals surface area contributed by atoms with Gasteiger partial charge >= 0.3 is 0 Å². The molecule has 0 atom stereocenters. The van der Waals surface area contributed by atoms with E-state index < -0.39 is 14.9 Å². The summed E-state index contributed by atoms with van der Waals surface area (Å²) >= 11 is 5.72. The second kappa shape index (κ2) is 8.15. The summed E-state index contributed by atoms with van der Waals surface area (Å²) in [6.07, 6.45) is 11.2. The summed E-state index contributed by atoms with van der Waals surface area (Å²) in [7, 11) is -2.45. The van der Waals surface area contributed by atoms with E-state index in [-0.39, 0.29) is 5.78 Å². The van der Waals surface area contributed by atoms with E-state index in [4.69, 9.17) is 11.6 Å². The molecule has 0 aliphatic rings. The van der Waals surface area contributed by atoms with Gasteiger partial charge in [-0.3, -0.25) is 9.00 Å². The number of aromatic nitrogens is 2. The average Bonchev–Trinajstić information content (AvgIpc) is 2.93. The van der Waals surface area contributed by atoms with Crippen LogP contribution in [0.1, 0.15) is 40.0 Å². The molecule has 4 nitrogen and oxygen atoms in total. The number of alkyl halides is 1. The van der Waals surface area contributed by atoms with Crippen LogP contribution in [0.15, 0.2) is 24.5 Å². The molecule has 0 saturated carbocycles. The maximum atomic E-state index is 12.9. The van der Waals surface area contributed by atoms with Gasteiger partial charge in [-0.25, -0.2) is 4.68 Å². The Kier molecular flexibility index (Phi) is 7.08. The Hall–Kier alpha value is -1.07. The van der Waals surface area contributed by atoms with E-state index in [1.54, 1.807) is 35.7 Å². The van der Waals surface area contributed by atoms with Crippen molar-refractivity contribution in [2.24, 2.45) is 5.41 Å². The lowest BCUT2D eigenvalue weighted by Gasteiger charge is -2.22. The lowest BCUT2D eigenvalue weighted by Crippen LogP contribution is -2.35. The Balaban J connectivity index is 3.42. The normalized spacial score (nSPS) is 13.2. The van der Waals surface area contributed by atoms with Gasteiger partial charge in [0.05, 0.1) is 10.6 Å². The van der Waals surface area contributed by atoms with Crippen molar-refractivity contribution in [2.75, 3.05) is 18.4 Å². The Morgan fingerprint density at radius 1 is 1.30 bits per heavy atom. The van der Waals surface area contributed by atoms with Gasteiger partial charge in [-0.15, -0.1) is 11.6 Å². The first-order chi connectivity index (χ1) is 10.6. The molecule has 0 aliphatic heterocycles. The molecule has 1 rings (SSSR count). The Morgan fingerprint density at radius 2 is 1.96 bits per heavy atom. The van der Waals surface area contributed by atoms with E-state index in [0.717, 1.165) is 19.3 Å². The Bertz CT molecular complexity index is 668. The minimum absolute atomic E-state index is 0.105. The molecule has 0 amide bonds. The third-order valence-electron chi connectivity index (χ3n) is 3.29. The summed E-state index contributed by atoms with van der Waals surface area (Å²) < 4.78 is 14.5. The zero-order valence-electron chi connectivity index (χ0n) is 14.6. The number of rotatable bonds is 7. The van der Waals surface area contributed by atoms with E-state index in [9.17, 15) is 9.00 Å². The van der Waals surface area contributed by atoms with Crippen LogP contribution in [0.3, 0.4) is 0 Å². The predicted molar refractivity (Wildman–Crippen MR) is 101 cm³/mol. The first-order valence-corrected chi connectivity index (χ1v) is 10.6. The molecule has 23 heavy (non-hydrogen) atoms. The number of nitrogens with zero attached hydrogens (tertiary/aromatic N) is 2. The summed E-state index contributed by atoms with van der Waals surface area (Å²) in [6, 6.07) is 1.79. The first kappa shape index (κ1) is 20.0. The monoisotopic (exact) mass is 358 g/mol. The van der Waals surface area contributed by atoms with Crippen molar-refractivity contribution in [3.8, 4) is 0 Å². The zero-order chi connectivity index (χ0) is 17.7. The van der Waals surface area contributed by atoms with Crippen LogP contribution in [-0.4, -0.2) is 43.0 Å². The molecule has 0 aromatic carbocycles. The van der Waals surface area contributed by atoms with Gasteiger partial charge in [0.15, 0.2) is 5.78 Å². The summed E-state index contributed by atoms with van der Waals surface area (Å²) in [4.78, 5) is 13.3. The van der Waals surface area contributed by atoms with E-state index in [0.29, 0.717) is 16.4 Å². The van der Waals surface area contributed by atoms with Gasteiger partial charge in [0.25, 0.3) is 0 Å². The van der Waals surface area contributed by atoms with Crippen LogP contribution in [0, 0.1) is 5.41 Å². The van der Waals surface area contributed by atoms with Crippen molar-refractivity contribution < 1.29 is 9.00 Å². The molecule has 1 aromatic heterocycles. The number of carbonyl (C=O) groups excluding carboxylic acids is 1. The Morgan fingerprint density at radius 3 is 2.39 bits per heavy atom. The summed E-state index contributed by atoms with van der Waals surface area (Å²) in [5, 5.41) is 4.24. The number of unbranched alkanes of at least 4 members (excludes halogenated alkanes) is 2. The molecule has 1 heterocycles. The highest BCUT2D eigenvalue weighted by Crippen LogP contribution is 2.22. The van der Waals surface area contributed by atoms with Gasteiger partial charge in [0.1, 0.15) is 0 Å². The molecule has 0 aliphatic carbocycles. The number of halogens is 1. The smallest absolute Gasteiger partial charge is 0.178 e. The molecule has 0 spiro atoms. The largest absolute Gasteiger partial charge is 0.293 e. The summed E-state index contributed by atoms with van der Waals surface area (Å²) in [6.45, 7) is 5.53. The molecule has 0 saturated heterocycles. The quantitative estimate of drug-likeness (QED) is 0.324. The predicted octanol–water partition coefficient (Wildman–Crippen LogP) is 3.46. The first-order valence-electron chi connectivity index (χ1n) is 7.71. The van der Waals surface area contributed by atoms with E-state index >= 15 is 0 Å². The number of ketones is 1. The van der Waals surface area contributed by atoms with Crippen LogP contribution in [0.25, 0.3) is 5.70 Å². The number of hydrogen-bond donors (Lipinski definition) is 0. The third kappa shape index (κ3) is 5.81. The van der Waals surface area contributed by atoms with Crippen molar-refractivity contribution in [2.45, 2.75) is 40.0 Å². The number of carbonyl (C=O) groups is 1. The average molecular weight is 359 g/mol. The van der Waals surface area contributed by atoms with Gasteiger partial charge in [0, 0.05) is 36.2 Å². The molecule has 0 N–H and O–H groups in total. The maximum Gasteiger partial charge on any atom is 0.178 e. The van der Waals surface area contributed by atoms with Crippen molar-refractivity contribution in [1.82, 2.24) is 9.78 Å². The molecular formula is C17H27ClN2O2S. The molecule has 1 aromatic rings. The minimum Gasteiger partial charge on any atom is -0.293 e. The van der Waals surface area contributed by atoms with Gasteiger partial charge in [0.2, 0.25) is 0 Å². The fourth-order valence-electron chi connectivity index (χ4n) is 2.11. The van der Waals surface area contributed by atoms with Crippen LogP contribution in [0.4, 0.5) is 0 Å². The SMILES string of the molecule is CC(C)(C)C(=O)C(/C(=C\CCCCCl)n1cccn1)=S(C)(C)=O. The van der Waals surface area contributed by atoms with Crippen molar-refractivity contribution in [3.05, 3.63) is 24.5 Å². The van der Waals surface area contributed by atoms with Crippen molar-refractivity contribution in [1.29, 1.82) is 0 Å². The second-order valence-corrected chi connectivity index (χ2v) is 10.1. The lowest BCUT2D eigenvalue weighted by molar-refractivity contribution is -0.119. The van der Waals surface area contributed by atoms with Gasteiger partial charge < -0.3 is 0 Å². The number of hydrogen-bond acceptors (Lipinski definition) is 3. The van der Waals surface area contributed by atoms with Gasteiger partial charge in [-0.1, -0.05) is 26.8 Å². The lowest BCUT2D eigenvalue weighted by atomic mass is 9.88. The maximum absolute atomic E-state index is 12.9. The third-order valence-corrected chi connectivity index (χ3v) is 4.93. The van der Waals surface area contributed by atoms with Crippen molar-refractivity contribution >= 4 is 37.5 Å². The topological polar surface area (TPSA) is 52.0 Å². The van der Waals surface area contributed by atoms with Crippen LogP contribution in [0.5, 0.6) is 0 Å². The molecule has 6 heteroatoms. The van der Waals surface area contributed by atoms with Crippen LogP contribution in [0.2, 0.25) is 0 Å². The van der Waals surface area contributed by atoms with Crippen LogP contribution in [-0.2, 0) is 14.3 Å². The van der Waals surface area contributed by atoms with Crippen LogP contribution >= 0.6 is 11.6 Å². The van der Waals surface area contributed by atoms with E-state index in [1.807, 2.05) is 26.8 Å².